The van der Waals surface area contributed by atoms with Crippen molar-refractivity contribution in [2.45, 2.75) is 6.92 Å². The summed E-state index contributed by atoms with van der Waals surface area (Å²) in [5.41, 5.74) is 2.02. The van der Waals surface area contributed by atoms with E-state index < -0.39 is 17.3 Å². The van der Waals surface area contributed by atoms with Crippen LogP contribution in [0.4, 0.5) is 15.8 Å². The maximum atomic E-state index is 14.3. The van der Waals surface area contributed by atoms with Crippen LogP contribution in [0.5, 0.6) is 0 Å². The zero-order valence-corrected chi connectivity index (χ0v) is 14.0. The second-order valence-corrected chi connectivity index (χ2v) is 5.66. The van der Waals surface area contributed by atoms with Gasteiger partial charge in [0.15, 0.2) is 11.0 Å². The largest absolute Gasteiger partial charge is 0.478 e. The fourth-order valence-corrected chi connectivity index (χ4v) is 2.61. The zero-order valence-electron chi connectivity index (χ0n) is 13.3. The molecule has 3 aromatic rings. The number of carboxylic acids is 1. The Kier molecular flexibility index (Phi) is 4.37. The lowest BCUT2D eigenvalue weighted by molar-refractivity contribution is 0.0692. The van der Waals surface area contributed by atoms with Crippen LogP contribution in [0.15, 0.2) is 30.5 Å². The van der Waals surface area contributed by atoms with Gasteiger partial charge in [0.25, 0.3) is 0 Å². The number of rotatable bonds is 4. The molecule has 0 unspecified atom stereocenters. The number of aromatic carboxylic acids is 1. The van der Waals surface area contributed by atoms with Crippen LogP contribution in [-0.2, 0) is 7.05 Å². The second kappa shape index (κ2) is 6.48. The molecule has 25 heavy (non-hydrogen) atoms. The first-order chi connectivity index (χ1) is 11.9. The molecule has 0 aliphatic carbocycles. The van der Waals surface area contributed by atoms with Crippen molar-refractivity contribution in [2.24, 2.45) is 7.05 Å². The molecule has 0 fully saturated rings. The van der Waals surface area contributed by atoms with Crippen LogP contribution in [0.25, 0.3) is 11.3 Å². The van der Waals surface area contributed by atoms with Gasteiger partial charge in [-0.25, -0.2) is 18.9 Å². The van der Waals surface area contributed by atoms with Crippen LogP contribution >= 0.6 is 11.6 Å². The Hall–Kier alpha value is -3.00. The first-order valence-corrected chi connectivity index (χ1v) is 7.57. The van der Waals surface area contributed by atoms with Crippen molar-refractivity contribution in [3.05, 3.63) is 52.7 Å². The number of benzene rings is 1. The minimum absolute atomic E-state index is 0.0133. The average Bonchev–Trinajstić information content (AvgIpc) is 2.90. The maximum absolute atomic E-state index is 14.3. The van der Waals surface area contributed by atoms with Gasteiger partial charge in [0.1, 0.15) is 0 Å². The van der Waals surface area contributed by atoms with Gasteiger partial charge < -0.3 is 10.4 Å². The molecule has 0 spiro atoms. The molecule has 2 heterocycles. The highest BCUT2D eigenvalue weighted by Crippen LogP contribution is 2.31. The van der Waals surface area contributed by atoms with Gasteiger partial charge >= 0.3 is 5.97 Å². The van der Waals surface area contributed by atoms with Gasteiger partial charge in [-0.05, 0) is 25.1 Å². The first-order valence-electron chi connectivity index (χ1n) is 7.19. The van der Waals surface area contributed by atoms with Crippen LogP contribution < -0.4 is 5.32 Å². The quantitative estimate of drug-likeness (QED) is 0.692. The molecule has 1 aromatic carbocycles. The highest BCUT2D eigenvalue weighted by atomic mass is 35.5. The molecule has 0 radical (unpaired) electrons. The normalized spacial score (nSPS) is 10.7. The third kappa shape index (κ3) is 3.16. The number of carboxylic acid groups (broad SMARTS) is 1. The summed E-state index contributed by atoms with van der Waals surface area (Å²) in [6.07, 6.45) is 1.56. The van der Waals surface area contributed by atoms with E-state index in [1.54, 1.807) is 30.9 Å². The third-order valence-corrected chi connectivity index (χ3v) is 3.91. The fourth-order valence-electron chi connectivity index (χ4n) is 2.46. The Morgan fingerprint density at radius 2 is 2.12 bits per heavy atom. The van der Waals surface area contributed by atoms with E-state index in [-0.39, 0.29) is 10.8 Å². The standard InChI is InChI=1S/C16H13ClFN5O2/c1-8-14(23(2)22-21-8)9-6-12(15(17)19-7-9)20-11-5-3-4-10(13(11)18)16(24)25/h3-7,20H,1-2H3,(H,24,25). The fraction of sp³-hybridized carbons (Fsp3) is 0.125. The molecule has 3 rings (SSSR count). The smallest absolute Gasteiger partial charge is 0.338 e. The Bertz CT molecular complexity index is 954. The van der Waals surface area contributed by atoms with Crippen molar-refractivity contribution >= 4 is 28.9 Å². The molecule has 0 atom stereocenters. The molecule has 9 heteroatoms. The predicted molar refractivity (Wildman–Crippen MR) is 90.6 cm³/mol. The summed E-state index contributed by atoms with van der Waals surface area (Å²) in [6.45, 7) is 1.81. The number of carbonyl (C=O) groups is 1. The highest BCUT2D eigenvalue weighted by Gasteiger charge is 2.16. The van der Waals surface area contributed by atoms with Crippen molar-refractivity contribution in [1.29, 1.82) is 0 Å². The third-order valence-electron chi connectivity index (χ3n) is 3.61. The van der Waals surface area contributed by atoms with E-state index >= 15 is 0 Å². The minimum Gasteiger partial charge on any atom is -0.478 e. The summed E-state index contributed by atoms with van der Waals surface area (Å²) in [6, 6.07) is 5.72. The van der Waals surface area contributed by atoms with Gasteiger partial charge in [0, 0.05) is 18.8 Å². The van der Waals surface area contributed by atoms with Crippen LogP contribution in [0.3, 0.4) is 0 Å². The second-order valence-electron chi connectivity index (χ2n) is 5.31. The number of nitrogens with zero attached hydrogens (tertiary/aromatic N) is 4. The Morgan fingerprint density at radius 3 is 2.76 bits per heavy atom. The topological polar surface area (TPSA) is 92.9 Å². The highest BCUT2D eigenvalue weighted by molar-refractivity contribution is 6.32. The minimum atomic E-state index is -1.35. The van der Waals surface area contributed by atoms with Crippen LogP contribution in [0, 0.1) is 12.7 Å². The van der Waals surface area contributed by atoms with Gasteiger partial charge in [0.05, 0.1) is 28.3 Å². The maximum Gasteiger partial charge on any atom is 0.338 e. The summed E-state index contributed by atoms with van der Waals surface area (Å²) >= 11 is 6.09. The predicted octanol–water partition coefficient (Wildman–Crippen LogP) is 3.42. The Morgan fingerprint density at radius 1 is 1.36 bits per heavy atom. The number of hydrogen-bond acceptors (Lipinski definition) is 5. The molecule has 0 aliphatic heterocycles. The van der Waals surface area contributed by atoms with Crippen molar-refractivity contribution in [3.8, 4) is 11.3 Å². The van der Waals surface area contributed by atoms with Gasteiger partial charge in [-0.1, -0.05) is 22.9 Å². The van der Waals surface area contributed by atoms with Crippen molar-refractivity contribution in [3.63, 3.8) is 0 Å². The van der Waals surface area contributed by atoms with Gasteiger partial charge in [-0.2, -0.15) is 0 Å². The molecule has 2 N–H and O–H groups in total. The van der Waals surface area contributed by atoms with Gasteiger partial charge in [-0.3, -0.25) is 0 Å². The molecular formula is C16H13ClFN5O2. The molecule has 7 nitrogen and oxygen atoms in total. The number of aromatic nitrogens is 4. The van der Waals surface area contributed by atoms with Crippen LogP contribution in [0.2, 0.25) is 5.15 Å². The summed E-state index contributed by atoms with van der Waals surface area (Å²) in [7, 11) is 1.74. The molecule has 128 valence electrons. The van der Waals surface area contributed by atoms with Crippen molar-refractivity contribution in [2.75, 3.05) is 5.32 Å². The number of halogens is 2. The van der Waals surface area contributed by atoms with Gasteiger partial charge in [0.2, 0.25) is 0 Å². The number of nitrogens with one attached hydrogen (secondary N) is 1. The molecule has 0 saturated heterocycles. The lowest BCUT2D eigenvalue weighted by atomic mass is 10.1. The summed E-state index contributed by atoms with van der Waals surface area (Å²) in [5, 5.41) is 19.8. The lowest BCUT2D eigenvalue weighted by Crippen LogP contribution is -2.04. The SMILES string of the molecule is Cc1nnn(C)c1-c1cnc(Cl)c(Nc2cccc(C(=O)O)c2F)c1. The van der Waals surface area contributed by atoms with E-state index in [1.165, 1.54) is 18.2 Å². The number of pyridine rings is 1. The molecule has 0 saturated carbocycles. The number of anilines is 2. The van der Waals surface area contributed by atoms with E-state index in [4.69, 9.17) is 16.7 Å². The van der Waals surface area contributed by atoms with Gasteiger partial charge in [-0.15, -0.1) is 5.10 Å². The van der Waals surface area contributed by atoms with E-state index in [9.17, 15) is 9.18 Å². The van der Waals surface area contributed by atoms with Crippen LogP contribution in [-0.4, -0.2) is 31.1 Å². The summed E-state index contributed by atoms with van der Waals surface area (Å²) in [4.78, 5) is 15.2. The molecular weight excluding hydrogens is 349 g/mol. The van der Waals surface area contributed by atoms with E-state index in [1.807, 2.05) is 0 Å². The Labute approximate surface area is 147 Å². The van der Waals surface area contributed by atoms with E-state index in [0.717, 1.165) is 5.69 Å². The summed E-state index contributed by atoms with van der Waals surface area (Å²) in [5.74, 6) is -2.23. The zero-order chi connectivity index (χ0) is 18.1. The molecule has 0 bridgehead atoms. The Balaban J connectivity index is 2.03. The number of aryl methyl sites for hydroxylation is 2. The van der Waals surface area contributed by atoms with E-state index in [0.29, 0.717) is 16.9 Å². The number of hydrogen-bond donors (Lipinski definition) is 2. The summed E-state index contributed by atoms with van der Waals surface area (Å²) < 4.78 is 15.9. The van der Waals surface area contributed by atoms with Crippen molar-refractivity contribution in [1.82, 2.24) is 20.0 Å². The lowest BCUT2D eigenvalue weighted by Gasteiger charge is -2.12. The molecule has 0 amide bonds. The van der Waals surface area contributed by atoms with E-state index in [2.05, 4.69) is 20.6 Å². The monoisotopic (exact) mass is 361 g/mol. The van der Waals surface area contributed by atoms with Crippen molar-refractivity contribution < 1.29 is 14.3 Å². The average molecular weight is 362 g/mol. The molecule has 2 aromatic heterocycles. The first kappa shape index (κ1) is 16.8. The molecule has 0 aliphatic rings. The van der Waals surface area contributed by atoms with Crippen LogP contribution in [0.1, 0.15) is 16.1 Å².